The normalized spacial score (nSPS) is 12.6. The number of carbonyl (C=O) groups is 1. The fourth-order valence-corrected chi connectivity index (χ4v) is 2.60. The maximum Gasteiger partial charge on any atom is 0.318 e. The van der Waals surface area contributed by atoms with E-state index in [-0.39, 0.29) is 24.0 Å². The van der Waals surface area contributed by atoms with Crippen molar-refractivity contribution in [3.05, 3.63) is 53.8 Å². The molecule has 0 saturated heterocycles. The van der Waals surface area contributed by atoms with Crippen LogP contribution in [0.1, 0.15) is 51.1 Å². The zero-order chi connectivity index (χ0) is 20.3. The molecule has 8 heteroatoms. The lowest BCUT2D eigenvalue weighted by atomic mass is 9.96. The molecule has 28 heavy (non-hydrogen) atoms. The second kappa shape index (κ2) is 7.84. The molecule has 1 atom stereocenters. The van der Waals surface area contributed by atoms with Gasteiger partial charge in [0.1, 0.15) is 0 Å². The van der Waals surface area contributed by atoms with Gasteiger partial charge in [0.05, 0.1) is 24.0 Å². The Bertz CT molecular complexity index is 926. The van der Waals surface area contributed by atoms with Crippen LogP contribution in [0.4, 0.5) is 4.79 Å². The zero-order valence-corrected chi connectivity index (χ0v) is 16.9. The number of hydrogen-bond acceptors (Lipinski definition) is 5. The molecule has 2 aromatic heterocycles. The number of rotatable bonds is 5. The lowest BCUT2D eigenvalue weighted by Crippen LogP contribution is -2.38. The molecule has 0 fully saturated rings. The van der Waals surface area contributed by atoms with Crippen LogP contribution in [-0.2, 0) is 12.0 Å². The Balaban J connectivity index is 1.60. The average molecular weight is 382 g/mol. The number of aromatic nitrogens is 4. The van der Waals surface area contributed by atoms with Crippen LogP contribution in [0.3, 0.4) is 0 Å². The number of carbonyl (C=O) groups excluding carboxylic acids is 1. The minimum atomic E-state index is -0.237. The van der Waals surface area contributed by atoms with Gasteiger partial charge in [0.25, 0.3) is 0 Å². The van der Waals surface area contributed by atoms with Crippen molar-refractivity contribution in [2.75, 3.05) is 7.05 Å². The highest BCUT2D eigenvalue weighted by atomic mass is 16.5. The molecule has 148 valence electrons. The molecule has 2 N–H and O–H groups in total. The highest BCUT2D eigenvalue weighted by molar-refractivity contribution is 5.74. The first-order valence-electron chi connectivity index (χ1n) is 9.20. The van der Waals surface area contributed by atoms with E-state index in [4.69, 9.17) is 4.52 Å². The first kappa shape index (κ1) is 19.6. The summed E-state index contributed by atoms with van der Waals surface area (Å²) in [7, 11) is 1.73. The van der Waals surface area contributed by atoms with E-state index in [0.29, 0.717) is 11.7 Å². The second-order valence-corrected chi connectivity index (χ2v) is 7.78. The lowest BCUT2D eigenvalue weighted by Gasteiger charge is -2.23. The number of benzene rings is 1. The van der Waals surface area contributed by atoms with E-state index in [1.807, 2.05) is 64.1 Å². The number of nitrogens with one attached hydrogen (secondary N) is 2. The van der Waals surface area contributed by atoms with Crippen molar-refractivity contribution in [3.63, 3.8) is 0 Å². The number of nitrogens with zero attached hydrogens (tertiary/aromatic N) is 4. The smallest absolute Gasteiger partial charge is 0.318 e. The van der Waals surface area contributed by atoms with Gasteiger partial charge in [-0.2, -0.15) is 10.1 Å². The van der Waals surface area contributed by atoms with Gasteiger partial charge in [0.2, 0.25) is 5.89 Å². The van der Waals surface area contributed by atoms with Crippen LogP contribution in [-0.4, -0.2) is 38.3 Å². The molecule has 0 saturated carbocycles. The summed E-state index contributed by atoms with van der Waals surface area (Å²) in [6.07, 6.45) is 0. The maximum atomic E-state index is 12.5. The van der Waals surface area contributed by atoms with Gasteiger partial charge in [0, 0.05) is 18.0 Å². The molecule has 0 bridgehead atoms. The number of urea groups is 1. The maximum absolute atomic E-state index is 12.5. The van der Waals surface area contributed by atoms with Crippen LogP contribution in [0.2, 0.25) is 0 Å². The first-order chi connectivity index (χ1) is 13.3. The summed E-state index contributed by atoms with van der Waals surface area (Å²) in [4.78, 5) is 18.4. The molecule has 8 nitrogen and oxygen atoms in total. The van der Waals surface area contributed by atoms with Gasteiger partial charge >= 0.3 is 6.03 Å². The molecule has 2 heterocycles. The third kappa shape index (κ3) is 4.39. The highest BCUT2D eigenvalue weighted by Gasteiger charge is 2.23. The van der Waals surface area contributed by atoms with Crippen LogP contribution >= 0.6 is 0 Å². The lowest BCUT2D eigenvalue weighted by molar-refractivity contribution is 0.191. The Kier molecular flexibility index (Phi) is 5.48. The molecule has 2 amide bonds. The van der Waals surface area contributed by atoms with Gasteiger partial charge in [-0.15, -0.1) is 0 Å². The van der Waals surface area contributed by atoms with E-state index in [1.165, 1.54) is 0 Å². The Morgan fingerprint density at radius 2 is 2.00 bits per heavy atom. The van der Waals surface area contributed by atoms with E-state index in [9.17, 15) is 4.79 Å². The van der Waals surface area contributed by atoms with E-state index in [0.717, 1.165) is 17.0 Å². The van der Waals surface area contributed by atoms with Crippen molar-refractivity contribution >= 4 is 6.03 Å². The first-order valence-corrected chi connectivity index (χ1v) is 9.20. The molecular formula is C20H26N6O2. The predicted octanol–water partition coefficient (Wildman–Crippen LogP) is 3.66. The fourth-order valence-electron chi connectivity index (χ4n) is 2.60. The summed E-state index contributed by atoms with van der Waals surface area (Å²) < 4.78 is 5.21. The molecule has 0 aliphatic heterocycles. The molecule has 0 radical (unpaired) electrons. The highest BCUT2D eigenvalue weighted by Crippen LogP contribution is 2.23. The van der Waals surface area contributed by atoms with Crippen LogP contribution in [0, 0.1) is 0 Å². The second-order valence-electron chi connectivity index (χ2n) is 7.78. The van der Waals surface area contributed by atoms with E-state index >= 15 is 0 Å². The fraction of sp³-hybridized carbons (Fsp3) is 0.400. The Morgan fingerprint density at radius 1 is 1.29 bits per heavy atom. The summed E-state index contributed by atoms with van der Waals surface area (Å²) >= 11 is 0. The molecule has 0 aliphatic carbocycles. The van der Waals surface area contributed by atoms with Crippen LogP contribution in [0.25, 0.3) is 11.3 Å². The van der Waals surface area contributed by atoms with Crippen LogP contribution < -0.4 is 5.32 Å². The monoisotopic (exact) mass is 382 g/mol. The molecule has 0 aliphatic rings. The van der Waals surface area contributed by atoms with Crippen molar-refractivity contribution in [2.45, 2.75) is 45.7 Å². The molecule has 0 spiro atoms. The minimum absolute atomic E-state index is 0.178. The Labute approximate surface area is 164 Å². The molecule has 1 unspecified atom stereocenters. The summed E-state index contributed by atoms with van der Waals surface area (Å²) in [5.74, 6) is 0.997. The topological polar surface area (TPSA) is 99.9 Å². The Hall–Kier alpha value is -3.16. The Morgan fingerprint density at radius 3 is 2.64 bits per heavy atom. The zero-order valence-electron chi connectivity index (χ0n) is 16.9. The predicted molar refractivity (Wildman–Crippen MR) is 105 cm³/mol. The van der Waals surface area contributed by atoms with Gasteiger partial charge in [-0.1, -0.05) is 56.3 Å². The minimum Gasteiger partial charge on any atom is -0.337 e. The van der Waals surface area contributed by atoms with Gasteiger partial charge in [-0.25, -0.2) is 4.79 Å². The molecular weight excluding hydrogens is 356 g/mol. The van der Waals surface area contributed by atoms with E-state index in [2.05, 4.69) is 25.7 Å². The molecule has 1 aromatic carbocycles. The summed E-state index contributed by atoms with van der Waals surface area (Å²) in [5, 5.41) is 14.1. The summed E-state index contributed by atoms with van der Waals surface area (Å²) in [6.45, 7) is 8.13. The molecule has 3 aromatic rings. The van der Waals surface area contributed by atoms with Gasteiger partial charge < -0.3 is 14.7 Å². The van der Waals surface area contributed by atoms with Crippen molar-refractivity contribution < 1.29 is 9.32 Å². The standard InChI is InChI=1S/C20H26N6O2/c1-13(15-11-16(24-23-15)14-9-7-6-8-10-14)26(5)19(27)21-12-17-22-18(25-28-17)20(2,3)4/h6-11,13H,12H2,1-5H3,(H,21,27)(H,23,24). The van der Waals surface area contributed by atoms with Crippen LogP contribution in [0.15, 0.2) is 40.9 Å². The number of hydrogen-bond donors (Lipinski definition) is 2. The van der Waals surface area contributed by atoms with Crippen molar-refractivity contribution in [3.8, 4) is 11.3 Å². The number of aromatic amines is 1. The van der Waals surface area contributed by atoms with Gasteiger partial charge in [-0.3, -0.25) is 5.10 Å². The van der Waals surface area contributed by atoms with Crippen molar-refractivity contribution in [1.82, 2.24) is 30.6 Å². The third-order valence-corrected chi connectivity index (χ3v) is 4.55. The third-order valence-electron chi connectivity index (χ3n) is 4.55. The van der Waals surface area contributed by atoms with Gasteiger partial charge in [-0.05, 0) is 13.0 Å². The van der Waals surface area contributed by atoms with E-state index in [1.54, 1.807) is 11.9 Å². The SMILES string of the molecule is CC(c1cc(-c2ccccc2)n[nH]1)N(C)C(=O)NCc1nc(C(C)(C)C)no1. The summed E-state index contributed by atoms with van der Waals surface area (Å²) in [5.41, 5.74) is 2.52. The van der Waals surface area contributed by atoms with Crippen molar-refractivity contribution in [2.24, 2.45) is 0 Å². The van der Waals surface area contributed by atoms with Crippen molar-refractivity contribution in [1.29, 1.82) is 0 Å². The van der Waals surface area contributed by atoms with Crippen LogP contribution in [0.5, 0.6) is 0 Å². The number of amides is 2. The largest absolute Gasteiger partial charge is 0.337 e. The summed E-state index contributed by atoms with van der Waals surface area (Å²) in [6, 6.07) is 11.4. The number of H-pyrrole nitrogens is 1. The molecule has 3 rings (SSSR count). The average Bonchev–Trinajstić information content (AvgIpc) is 3.35. The van der Waals surface area contributed by atoms with Gasteiger partial charge in [0.15, 0.2) is 5.82 Å². The quantitative estimate of drug-likeness (QED) is 0.701. The van der Waals surface area contributed by atoms with E-state index < -0.39 is 0 Å².